The van der Waals surface area contributed by atoms with E-state index in [-0.39, 0.29) is 17.8 Å². The van der Waals surface area contributed by atoms with Crippen molar-refractivity contribution in [2.45, 2.75) is 33.0 Å². The summed E-state index contributed by atoms with van der Waals surface area (Å²) in [7, 11) is 1.92. The molecule has 0 aliphatic rings. The molecule has 128 valence electrons. The Labute approximate surface area is 143 Å². The van der Waals surface area contributed by atoms with Gasteiger partial charge in [0.25, 0.3) is 0 Å². The van der Waals surface area contributed by atoms with E-state index < -0.39 is 0 Å². The second kappa shape index (κ2) is 8.60. The third kappa shape index (κ3) is 4.90. The minimum Gasteiger partial charge on any atom is -0.337 e. The number of hydrogen-bond acceptors (Lipinski definition) is 2. The monoisotopic (exact) mass is 328 g/mol. The molecule has 1 unspecified atom stereocenters. The van der Waals surface area contributed by atoms with Crippen molar-refractivity contribution in [3.05, 3.63) is 71.5 Å². The summed E-state index contributed by atoms with van der Waals surface area (Å²) < 4.78 is 13.0. The Kier molecular flexibility index (Phi) is 6.50. The van der Waals surface area contributed by atoms with Gasteiger partial charge in [-0.1, -0.05) is 42.5 Å². The topological polar surface area (TPSA) is 23.6 Å². The van der Waals surface area contributed by atoms with Gasteiger partial charge in [-0.25, -0.2) is 4.39 Å². The van der Waals surface area contributed by atoms with Crippen LogP contribution in [0.25, 0.3) is 0 Å². The number of halogens is 1. The molecule has 0 saturated carbocycles. The lowest BCUT2D eigenvalue weighted by atomic mass is 10.1. The molecule has 0 N–H and O–H groups in total. The Morgan fingerprint density at radius 1 is 1.00 bits per heavy atom. The Hall–Kier alpha value is -2.20. The number of carbonyl (C=O) groups excluding carboxylic acids is 1. The first kappa shape index (κ1) is 18.1. The van der Waals surface area contributed by atoms with Gasteiger partial charge < -0.3 is 4.90 Å². The highest BCUT2D eigenvalue weighted by Crippen LogP contribution is 2.12. The Morgan fingerprint density at radius 2 is 1.58 bits per heavy atom. The average Bonchev–Trinajstić information content (AvgIpc) is 2.61. The molecule has 2 aromatic carbocycles. The van der Waals surface area contributed by atoms with Gasteiger partial charge in [0, 0.05) is 19.6 Å². The van der Waals surface area contributed by atoms with Crippen molar-refractivity contribution in [1.29, 1.82) is 0 Å². The fourth-order valence-electron chi connectivity index (χ4n) is 2.62. The zero-order chi connectivity index (χ0) is 17.5. The molecule has 2 rings (SSSR count). The molecule has 0 heterocycles. The van der Waals surface area contributed by atoms with Crippen LogP contribution in [0.3, 0.4) is 0 Å². The van der Waals surface area contributed by atoms with Crippen LogP contribution in [0.5, 0.6) is 0 Å². The van der Waals surface area contributed by atoms with Crippen molar-refractivity contribution in [2.24, 2.45) is 0 Å². The number of rotatable bonds is 7. The van der Waals surface area contributed by atoms with Crippen molar-refractivity contribution < 1.29 is 9.18 Å². The van der Waals surface area contributed by atoms with E-state index >= 15 is 0 Å². The van der Waals surface area contributed by atoms with Crippen LogP contribution < -0.4 is 0 Å². The quantitative estimate of drug-likeness (QED) is 0.774. The van der Waals surface area contributed by atoms with Crippen LogP contribution in [0.4, 0.5) is 4.39 Å². The first-order valence-electron chi connectivity index (χ1n) is 8.28. The lowest BCUT2D eigenvalue weighted by Crippen LogP contribution is -2.45. The maximum absolute atomic E-state index is 13.0. The number of carbonyl (C=O) groups is 1. The molecule has 3 nitrogen and oxygen atoms in total. The first-order valence-corrected chi connectivity index (χ1v) is 8.28. The molecule has 0 radical (unpaired) electrons. The van der Waals surface area contributed by atoms with E-state index in [0.29, 0.717) is 19.6 Å². The first-order chi connectivity index (χ1) is 11.5. The van der Waals surface area contributed by atoms with Gasteiger partial charge in [0.15, 0.2) is 0 Å². The Bertz CT molecular complexity index is 642. The van der Waals surface area contributed by atoms with E-state index in [2.05, 4.69) is 0 Å². The van der Waals surface area contributed by atoms with E-state index in [9.17, 15) is 9.18 Å². The van der Waals surface area contributed by atoms with Gasteiger partial charge in [-0.15, -0.1) is 0 Å². The van der Waals surface area contributed by atoms with Crippen LogP contribution in [0.1, 0.15) is 25.0 Å². The molecule has 2 aromatic rings. The fourth-order valence-corrected chi connectivity index (χ4v) is 2.62. The zero-order valence-electron chi connectivity index (χ0n) is 14.6. The maximum Gasteiger partial charge on any atom is 0.239 e. The summed E-state index contributed by atoms with van der Waals surface area (Å²) in [5.41, 5.74) is 2.12. The fraction of sp³-hybridized carbons (Fsp3) is 0.350. The predicted molar refractivity (Wildman–Crippen MR) is 94.9 cm³/mol. The van der Waals surface area contributed by atoms with E-state index in [0.717, 1.165) is 11.1 Å². The summed E-state index contributed by atoms with van der Waals surface area (Å²) >= 11 is 0. The van der Waals surface area contributed by atoms with Gasteiger partial charge in [0.05, 0.1) is 6.04 Å². The molecule has 1 atom stereocenters. The zero-order valence-corrected chi connectivity index (χ0v) is 14.6. The SMILES string of the molecule is CCN(Cc1ccccc1)C(=O)C(C)N(C)Cc1ccc(F)cc1. The summed E-state index contributed by atoms with van der Waals surface area (Å²) in [5, 5.41) is 0. The largest absolute Gasteiger partial charge is 0.337 e. The highest BCUT2D eigenvalue weighted by atomic mass is 19.1. The second-order valence-corrected chi connectivity index (χ2v) is 6.06. The molecule has 0 saturated heterocycles. The minimum absolute atomic E-state index is 0.103. The third-order valence-electron chi connectivity index (χ3n) is 4.27. The van der Waals surface area contributed by atoms with Crippen LogP contribution in [-0.2, 0) is 17.9 Å². The Morgan fingerprint density at radius 3 is 2.17 bits per heavy atom. The average molecular weight is 328 g/mol. The molecule has 0 aromatic heterocycles. The van der Waals surface area contributed by atoms with Crippen LogP contribution in [-0.4, -0.2) is 35.3 Å². The number of benzene rings is 2. The molecule has 0 bridgehead atoms. The highest BCUT2D eigenvalue weighted by Gasteiger charge is 2.23. The van der Waals surface area contributed by atoms with Gasteiger partial charge in [-0.2, -0.15) is 0 Å². The van der Waals surface area contributed by atoms with Crippen molar-refractivity contribution in [3.63, 3.8) is 0 Å². The third-order valence-corrected chi connectivity index (χ3v) is 4.27. The Balaban J connectivity index is 1.99. The molecule has 1 amide bonds. The van der Waals surface area contributed by atoms with Gasteiger partial charge >= 0.3 is 0 Å². The summed E-state index contributed by atoms with van der Waals surface area (Å²) in [4.78, 5) is 16.6. The van der Waals surface area contributed by atoms with Crippen LogP contribution in [0.15, 0.2) is 54.6 Å². The van der Waals surface area contributed by atoms with Gasteiger partial charge in [-0.05, 0) is 44.2 Å². The number of likely N-dealkylation sites (N-methyl/N-ethyl adjacent to an activating group) is 2. The summed E-state index contributed by atoms with van der Waals surface area (Å²) in [5.74, 6) is -0.142. The predicted octanol–water partition coefficient (Wildman–Crippen LogP) is 3.69. The minimum atomic E-state index is -0.245. The summed E-state index contributed by atoms with van der Waals surface area (Å²) in [6.45, 7) is 5.80. The number of amides is 1. The summed E-state index contributed by atoms with van der Waals surface area (Å²) in [6, 6.07) is 16.2. The van der Waals surface area contributed by atoms with E-state index in [1.54, 1.807) is 12.1 Å². The molecule has 4 heteroatoms. The maximum atomic E-state index is 13.0. The molecular formula is C20H25FN2O. The molecule has 0 spiro atoms. The lowest BCUT2D eigenvalue weighted by molar-refractivity contribution is -0.136. The van der Waals surface area contributed by atoms with Crippen LogP contribution in [0, 0.1) is 5.82 Å². The van der Waals surface area contributed by atoms with Crippen molar-refractivity contribution in [2.75, 3.05) is 13.6 Å². The van der Waals surface area contributed by atoms with Gasteiger partial charge in [-0.3, -0.25) is 9.69 Å². The smallest absolute Gasteiger partial charge is 0.239 e. The van der Waals surface area contributed by atoms with Gasteiger partial charge in [0.1, 0.15) is 5.82 Å². The van der Waals surface area contributed by atoms with Crippen molar-refractivity contribution >= 4 is 5.91 Å². The van der Waals surface area contributed by atoms with Crippen LogP contribution >= 0.6 is 0 Å². The lowest BCUT2D eigenvalue weighted by Gasteiger charge is -2.30. The molecule has 24 heavy (non-hydrogen) atoms. The van der Waals surface area contributed by atoms with Crippen LogP contribution in [0.2, 0.25) is 0 Å². The van der Waals surface area contributed by atoms with E-state index in [1.165, 1.54) is 12.1 Å². The molecular weight excluding hydrogens is 303 g/mol. The van der Waals surface area contributed by atoms with Gasteiger partial charge in [0.2, 0.25) is 5.91 Å². The van der Waals surface area contributed by atoms with E-state index in [1.807, 2.05) is 61.0 Å². The number of nitrogens with zero attached hydrogens (tertiary/aromatic N) is 2. The van der Waals surface area contributed by atoms with Crippen molar-refractivity contribution in [3.8, 4) is 0 Å². The summed E-state index contributed by atoms with van der Waals surface area (Å²) in [6.07, 6.45) is 0. The molecule has 0 aliphatic heterocycles. The van der Waals surface area contributed by atoms with Crippen molar-refractivity contribution in [1.82, 2.24) is 9.80 Å². The second-order valence-electron chi connectivity index (χ2n) is 6.06. The molecule has 0 aliphatic carbocycles. The standard InChI is InChI=1S/C20H25FN2O/c1-4-23(15-17-8-6-5-7-9-17)20(24)16(2)22(3)14-18-10-12-19(21)13-11-18/h5-13,16H,4,14-15H2,1-3H3. The normalized spacial score (nSPS) is 12.2. The highest BCUT2D eigenvalue weighted by molar-refractivity contribution is 5.81. The molecule has 0 fully saturated rings. The van der Waals surface area contributed by atoms with E-state index in [4.69, 9.17) is 0 Å². The number of hydrogen-bond donors (Lipinski definition) is 0.